The van der Waals surface area contributed by atoms with Crippen molar-refractivity contribution in [3.63, 3.8) is 0 Å². The molecule has 0 saturated heterocycles. The minimum absolute atomic E-state index is 0.138. The highest BCUT2D eigenvalue weighted by molar-refractivity contribution is 5.98. The summed E-state index contributed by atoms with van der Waals surface area (Å²) in [4.78, 5) is 34.7. The Morgan fingerprint density at radius 1 is 0.879 bits per heavy atom. The van der Waals surface area contributed by atoms with E-state index in [1.54, 1.807) is 37.1 Å². The number of imidazole rings is 1. The molecule has 5 rings (SSSR count). The minimum Gasteiger partial charge on any atom is -0.352 e. The summed E-state index contributed by atoms with van der Waals surface area (Å²) < 4.78 is 1.98. The molecule has 2 aromatic carbocycles. The number of carbonyl (C=O) groups is 1. The fourth-order valence-corrected chi connectivity index (χ4v) is 3.60. The minimum atomic E-state index is -0.138. The van der Waals surface area contributed by atoms with Gasteiger partial charge in [-0.2, -0.15) is 0 Å². The zero-order valence-electron chi connectivity index (χ0n) is 17.8. The molecule has 0 atom stereocenters. The highest BCUT2D eigenvalue weighted by Crippen LogP contribution is 2.30. The van der Waals surface area contributed by atoms with Crippen LogP contribution in [-0.4, -0.2) is 41.9 Å². The van der Waals surface area contributed by atoms with E-state index in [9.17, 15) is 4.79 Å². The number of aryl methyl sites for hydroxylation is 1. The topological polar surface area (TPSA) is 98.5 Å². The molecule has 0 radical (unpaired) electrons. The van der Waals surface area contributed by atoms with E-state index >= 15 is 0 Å². The van der Waals surface area contributed by atoms with E-state index in [0.717, 1.165) is 29.8 Å². The third kappa shape index (κ3) is 4.59. The van der Waals surface area contributed by atoms with Crippen molar-refractivity contribution in [3.8, 4) is 22.5 Å². The maximum Gasteiger partial charge on any atom is 0.251 e. The number of amides is 1. The molecule has 0 spiro atoms. The number of nitrogens with zero attached hydrogens (tertiary/aromatic N) is 6. The standard InChI is InChI=1S/C25H21N7O/c33-25(29-9-4-11-32-12-10-26-17-32)19-7-8-21-22(13-19)31-24(20-14-27-16-28-15-20)23(30-21)18-5-2-1-3-6-18/h1-3,5-8,10,12-17H,4,9,11H2,(H,29,33). The van der Waals surface area contributed by atoms with Gasteiger partial charge in [0, 0.05) is 54.6 Å². The average molecular weight is 435 g/mol. The predicted octanol–water partition coefficient (Wildman–Crippen LogP) is 3.77. The van der Waals surface area contributed by atoms with E-state index < -0.39 is 0 Å². The largest absolute Gasteiger partial charge is 0.352 e. The van der Waals surface area contributed by atoms with Crippen molar-refractivity contribution in [2.45, 2.75) is 13.0 Å². The van der Waals surface area contributed by atoms with Crippen molar-refractivity contribution in [2.75, 3.05) is 6.54 Å². The summed E-state index contributed by atoms with van der Waals surface area (Å²) in [5.41, 5.74) is 5.03. The molecule has 162 valence electrons. The predicted molar refractivity (Wildman–Crippen MR) is 125 cm³/mol. The third-order valence-corrected chi connectivity index (χ3v) is 5.25. The number of hydrogen-bond donors (Lipinski definition) is 1. The first-order valence-corrected chi connectivity index (χ1v) is 10.6. The maximum atomic E-state index is 12.7. The zero-order valence-corrected chi connectivity index (χ0v) is 17.8. The first-order valence-electron chi connectivity index (χ1n) is 10.6. The monoisotopic (exact) mass is 435 g/mol. The van der Waals surface area contributed by atoms with Crippen LogP contribution in [0.2, 0.25) is 0 Å². The summed E-state index contributed by atoms with van der Waals surface area (Å²) in [5, 5.41) is 2.97. The summed E-state index contributed by atoms with van der Waals surface area (Å²) in [6.07, 6.45) is 11.1. The Labute approximate surface area is 190 Å². The second kappa shape index (κ2) is 9.35. The SMILES string of the molecule is O=C(NCCCn1ccnc1)c1ccc2nc(-c3ccccc3)c(-c3cncnc3)nc2c1. The van der Waals surface area contributed by atoms with E-state index in [0.29, 0.717) is 28.8 Å². The summed E-state index contributed by atoms with van der Waals surface area (Å²) in [7, 11) is 0. The molecule has 0 fully saturated rings. The van der Waals surface area contributed by atoms with Crippen LogP contribution in [0.25, 0.3) is 33.5 Å². The Kier molecular flexibility index (Phi) is 5.79. The van der Waals surface area contributed by atoms with Crippen molar-refractivity contribution in [2.24, 2.45) is 0 Å². The molecule has 8 heteroatoms. The van der Waals surface area contributed by atoms with Gasteiger partial charge in [-0.25, -0.2) is 24.9 Å². The molecule has 8 nitrogen and oxygen atoms in total. The van der Waals surface area contributed by atoms with Crippen LogP contribution in [-0.2, 0) is 6.54 Å². The van der Waals surface area contributed by atoms with Crippen molar-refractivity contribution >= 4 is 16.9 Å². The molecule has 3 heterocycles. The molecule has 0 aliphatic heterocycles. The highest BCUT2D eigenvalue weighted by atomic mass is 16.1. The van der Waals surface area contributed by atoms with Crippen LogP contribution in [0.5, 0.6) is 0 Å². The van der Waals surface area contributed by atoms with E-state index in [4.69, 9.17) is 9.97 Å². The molecule has 5 aromatic rings. The van der Waals surface area contributed by atoms with Crippen LogP contribution in [0.1, 0.15) is 16.8 Å². The third-order valence-electron chi connectivity index (χ3n) is 5.25. The van der Waals surface area contributed by atoms with Crippen LogP contribution < -0.4 is 5.32 Å². The molecule has 0 aliphatic rings. The van der Waals surface area contributed by atoms with Gasteiger partial charge in [-0.3, -0.25) is 4.79 Å². The molecule has 33 heavy (non-hydrogen) atoms. The van der Waals surface area contributed by atoms with Crippen LogP contribution in [0.3, 0.4) is 0 Å². The molecular weight excluding hydrogens is 414 g/mol. The molecule has 0 unspecified atom stereocenters. The average Bonchev–Trinajstić information content (AvgIpc) is 3.40. The van der Waals surface area contributed by atoms with Crippen LogP contribution in [0, 0.1) is 0 Å². The van der Waals surface area contributed by atoms with Crippen molar-refractivity contribution in [1.29, 1.82) is 0 Å². The first-order chi connectivity index (χ1) is 16.3. The number of rotatable bonds is 7. The van der Waals surface area contributed by atoms with E-state index in [1.807, 2.05) is 47.2 Å². The zero-order chi connectivity index (χ0) is 22.5. The Bertz CT molecular complexity index is 1370. The van der Waals surface area contributed by atoms with Gasteiger partial charge in [-0.1, -0.05) is 30.3 Å². The smallest absolute Gasteiger partial charge is 0.251 e. The Morgan fingerprint density at radius 2 is 1.67 bits per heavy atom. The van der Waals surface area contributed by atoms with Crippen molar-refractivity contribution in [3.05, 3.63) is 91.5 Å². The number of fused-ring (bicyclic) bond motifs is 1. The first kappa shape index (κ1) is 20.4. The van der Waals surface area contributed by atoms with E-state index in [2.05, 4.69) is 20.3 Å². The molecule has 1 N–H and O–H groups in total. The number of carbonyl (C=O) groups excluding carboxylic acids is 1. The normalized spacial score (nSPS) is 10.9. The molecule has 0 aliphatic carbocycles. The molecule has 3 aromatic heterocycles. The van der Waals surface area contributed by atoms with Gasteiger partial charge >= 0.3 is 0 Å². The lowest BCUT2D eigenvalue weighted by Gasteiger charge is -2.11. The van der Waals surface area contributed by atoms with Crippen molar-refractivity contribution in [1.82, 2.24) is 34.8 Å². The number of nitrogens with one attached hydrogen (secondary N) is 1. The van der Waals surface area contributed by atoms with Gasteiger partial charge in [-0.05, 0) is 24.6 Å². The van der Waals surface area contributed by atoms with Crippen molar-refractivity contribution < 1.29 is 4.79 Å². The highest BCUT2D eigenvalue weighted by Gasteiger charge is 2.15. The van der Waals surface area contributed by atoms with E-state index in [1.165, 1.54) is 6.33 Å². The number of hydrogen-bond acceptors (Lipinski definition) is 6. The van der Waals surface area contributed by atoms with E-state index in [-0.39, 0.29) is 5.91 Å². The van der Waals surface area contributed by atoms with Gasteiger partial charge in [0.15, 0.2) is 0 Å². The molecule has 1 amide bonds. The lowest BCUT2D eigenvalue weighted by Crippen LogP contribution is -2.25. The fourth-order valence-electron chi connectivity index (χ4n) is 3.60. The van der Waals surface area contributed by atoms with Gasteiger partial charge < -0.3 is 9.88 Å². The van der Waals surface area contributed by atoms with Crippen LogP contribution in [0.4, 0.5) is 0 Å². The molecular formula is C25H21N7O. The Hall–Kier alpha value is -4.46. The number of aromatic nitrogens is 6. The second-order valence-electron chi connectivity index (χ2n) is 7.53. The van der Waals surface area contributed by atoms with Crippen LogP contribution in [0.15, 0.2) is 86.0 Å². The molecule has 0 saturated carbocycles. The maximum absolute atomic E-state index is 12.7. The second-order valence-corrected chi connectivity index (χ2v) is 7.53. The Morgan fingerprint density at radius 3 is 2.45 bits per heavy atom. The summed E-state index contributed by atoms with van der Waals surface area (Å²) in [6.45, 7) is 1.37. The fraction of sp³-hybridized carbons (Fsp3) is 0.120. The Balaban J connectivity index is 1.43. The van der Waals surface area contributed by atoms with Gasteiger partial charge in [0.25, 0.3) is 5.91 Å². The van der Waals surface area contributed by atoms with Gasteiger partial charge in [0.1, 0.15) is 12.0 Å². The summed E-state index contributed by atoms with van der Waals surface area (Å²) >= 11 is 0. The summed E-state index contributed by atoms with van der Waals surface area (Å²) in [5.74, 6) is -0.138. The quantitative estimate of drug-likeness (QED) is 0.391. The van der Waals surface area contributed by atoms with Gasteiger partial charge in [0.2, 0.25) is 0 Å². The molecule has 0 bridgehead atoms. The van der Waals surface area contributed by atoms with Gasteiger partial charge in [0.05, 0.1) is 23.1 Å². The summed E-state index contributed by atoms with van der Waals surface area (Å²) in [6, 6.07) is 15.3. The van der Waals surface area contributed by atoms with Gasteiger partial charge in [-0.15, -0.1) is 0 Å². The lowest BCUT2D eigenvalue weighted by atomic mass is 10.1. The lowest BCUT2D eigenvalue weighted by molar-refractivity contribution is 0.0953. The number of benzene rings is 2. The van der Waals surface area contributed by atoms with Crippen LogP contribution >= 0.6 is 0 Å².